The molecule has 1 N–H and O–H groups in total. The Morgan fingerprint density at radius 1 is 1.33 bits per heavy atom. The first-order valence-electron chi connectivity index (χ1n) is 4.31. The van der Waals surface area contributed by atoms with Crippen molar-refractivity contribution >= 4 is 28.4 Å². The zero-order valence-corrected chi connectivity index (χ0v) is 10.9. The van der Waals surface area contributed by atoms with Gasteiger partial charge in [-0.05, 0) is 45.8 Å². The number of aliphatic hydroxyl groups excluding tert-OH is 1. The van der Waals surface area contributed by atoms with Gasteiger partial charge in [-0.25, -0.2) is 4.45 Å². The van der Waals surface area contributed by atoms with Crippen molar-refractivity contribution < 1.29 is 5.11 Å². The van der Waals surface area contributed by atoms with Crippen LogP contribution in [0.15, 0.2) is 36.8 Å². The van der Waals surface area contributed by atoms with Crippen molar-refractivity contribution in [3.8, 4) is 0 Å². The van der Waals surface area contributed by atoms with Gasteiger partial charge in [0.1, 0.15) is 6.10 Å². The van der Waals surface area contributed by atoms with E-state index >= 15 is 0 Å². The lowest BCUT2D eigenvalue weighted by Crippen LogP contribution is -2.00. The summed E-state index contributed by atoms with van der Waals surface area (Å²) >= 11 is 2.24. The van der Waals surface area contributed by atoms with Gasteiger partial charge < -0.3 is 5.11 Å². The number of rotatable bonds is 3. The van der Waals surface area contributed by atoms with Crippen molar-refractivity contribution in [3.05, 3.63) is 48.0 Å². The summed E-state index contributed by atoms with van der Waals surface area (Å²) in [6.45, 7) is 0. The Morgan fingerprint density at radius 3 is 2.67 bits per heavy atom. The lowest BCUT2D eigenvalue weighted by atomic mass is 10.1. The first-order valence-corrected chi connectivity index (χ1v) is 8.37. The third-order valence-corrected chi connectivity index (χ3v) is 3.90. The Kier molecular flexibility index (Phi) is 3.66. The smallest absolute Gasteiger partial charge is 0.123 e. The second kappa shape index (κ2) is 5.01. The summed E-state index contributed by atoms with van der Waals surface area (Å²) in [4.78, 5) is 3.91. The highest BCUT2D eigenvalue weighted by atomic mass is 127. The molecule has 0 bridgehead atoms. The van der Waals surface area contributed by atoms with E-state index in [0.29, 0.717) is 12.1 Å². The van der Waals surface area contributed by atoms with Gasteiger partial charge in [-0.1, -0.05) is 0 Å². The summed E-state index contributed by atoms with van der Waals surface area (Å²) in [6.07, 6.45) is 5.08. The van der Waals surface area contributed by atoms with Crippen LogP contribution in [-0.2, 0) is 0 Å². The molecule has 78 valence electrons. The summed E-state index contributed by atoms with van der Waals surface area (Å²) < 4.78 is 1.81. The zero-order valence-electron chi connectivity index (χ0n) is 7.71. The molecule has 0 aliphatic carbocycles. The Hall–Kier alpha value is -0.520. The molecule has 15 heavy (non-hydrogen) atoms. The standard InChI is InChI=1S/C9H9IN3OP/c10-15-13-6-3-8(12-13)9(14)7-1-4-11-5-2-7/h1-6,9,14-15H. The van der Waals surface area contributed by atoms with E-state index in [0.717, 1.165) is 5.56 Å². The molecule has 0 spiro atoms. The van der Waals surface area contributed by atoms with Gasteiger partial charge in [0.15, 0.2) is 0 Å². The molecular weight excluding hydrogens is 324 g/mol. The Morgan fingerprint density at radius 2 is 2.07 bits per heavy atom. The van der Waals surface area contributed by atoms with Crippen LogP contribution in [-0.4, -0.2) is 19.6 Å². The van der Waals surface area contributed by atoms with Crippen LogP contribution in [0.4, 0.5) is 0 Å². The zero-order chi connectivity index (χ0) is 10.7. The number of aromatic nitrogens is 3. The molecule has 0 saturated carbocycles. The van der Waals surface area contributed by atoms with Gasteiger partial charge in [0.05, 0.1) is 12.1 Å². The van der Waals surface area contributed by atoms with E-state index in [2.05, 4.69) is 32.1 Å². The third kappa shape index (κ3) is 2.53. The fraction of sp³-hybridized carbons (Fsp3) is 0.111. The van der Waals surface area contributed by atoms with E-state index in [-0.39, 0.29) is 0 Å². The fourth-order valence-electron chi connectivity index (χ4n) is 1.25. The monoisotopic (exact) mass is 333 g/mol. The van der Waals surface area contributed by atoms with Crippen molar-refractivity contribution in [1.29, 1.82) is 0 Å². The summed E-state index contributed by atoms with van der Waals surface area (Å²) in [5.41, 5.74) is 1.48. The summed E-state index contributed by atoms with van der Waals surface area (Å²) in [7, 11) is 0. The number of pyridine rings is 1. The van der Waals surface area contributed by atoms with Gasteiger partial charge in [-0.2, -0.15) is 5.10 Å². The second-order valence-corrected chi connectivity index (χ2v) is 5.03. The highest BCUT2D eigenvalue weighted by molar-refractivity contribution is 14.2. The fourth-order valence-corrected chi connectivity index (χ4v) is 2.34. The minimum Gasteiger partial charge on any atom is -0.382 e. The molecule has 4 nitrogen and oxygen atoms in total. The number of hydrogen-bond acceptors (Lipinski definition) is 3. The predicted molar refractivity (Wildman–Crippen MR) is 68.3 cm³/mol. The van der Waals surface area contributed by atoms with Gasteiger partial charge >= 0.3 is 0 Å². The SMILES string of the molecule is OC(c1ccncc1)c1ccn(PI)n1. The van der Waals surface area contributed by atoms with Gasteiger partial charge in [0.25, 0.3) is 0 Å². The molecular formula is C9H9IN3OP. The maximum absolute atomic E-state index is 10.00. The lowest BCUT2D eigenvalue weighted by molar-refractivity contribution is 0.215. The molecule has 0 fully saturated rings. The maximum atomic E-state index is 10.00. The van der Waals surface area contributed by atoms with E-state index in [4.69, 9.17) is 0 Å². The van der Waals surface area contributed by atoms with Gasteiger partial charge in [0.2, 0.25) is 0 Å². The summed E-state index contributed by atoms with van der Waals surface area (Å²) in [5, 5.41) is 14.3. The largest absolute Gasteiger partial charge is 0.382 e. The molecule has 0 radical (unpaired) electrons. The van der Waals surface area contributed by atoms with E-state index in [1.54, 1.807) is 29.0 Å². The number of aliphatic hydroxyl groups is 1. The van der Waals surface area contributed by atoms with Crippen LogP contribution >= 0.6 is 28.4 Å². The van der Waals surface area contributed by atoms with Crippen LogP contribution in [0.3, 0.4) is 0 Å². The van der Waals surface area contributed by atoms with Crippen molar-refractivity contribution in [3.63, 3.8) is 0 Å². The number of hydrogen-bond donors (Lipinski definition) is 1. The lowest BCUT2D eigenvalue weighted by Gasteiger charge is -2.06. The van der Waals surface area contributed by atoms with Crippen LogP contribution in [0, 0.1) is 0 Å². The Bertz CT molecular complexity index is 434. The van der Waals surface area contributed by atoms with E-state index < -0.39 is 6.10 Å². The van der Waals surface area contributed by atoms with Crippen LogP contribution in [0.25, 0.3) is 0 Å². The molecule has 2 unspecified atom stereocenters. The minimum absolute atomic E-state index is 0.553. The highest BCUT2D eigenvalue weighted by Crippen LogP contribution is 2.25. The van der Waals surface area contributed by atoms with Crippen molar-refractivity contribution in [2.24, 2.45) is 0 Å². The number of halogens is 1. The van der Waals surface area contributed by atoms with E-state index in [1.165, 1.54) is 0 Å². The normalized spacial score (nSPS) is 13.5. The number of nitrogens with zero attached hydrogens (tertiary/aromatic N) is 3. The third-order valence-electron chi connectivity index (χ3n) is 2.00. The molecule has 0 saturated heterocycles. The van der Waals surface area contributed by atoms with Crippen LogP contribution < -0.4 is 0 Å². The molecule has 2 atom stereocenters. The predicted octanol–water partition coefficient (Wildman–Crippen LogP) is 2.15. The van der Waals surface area contributed by atoms with Crippen molar-refractivity contribution in [2.75, 3.05) is 0 Å². The van der Waals surface area contributed by atoms with Gasteiger partial charge in [-0.15, -0.1) is 0 Å². The van der Waals surface area contributed by atoms with Gasteiger partial charge in [0, 0.05) is 18.6 Å². The van der Waals surface area contributed by atoms with Gasteiger partial charge in [-0.3, -0.25) is 4.98 Å². The highest BCUT2D eigenvalue weighted by Gasteiger charge is 2.12. The van der Waals surface area contributed by atoms with Crippen LogP contribution in [0.5, 0.6) is 0 Å². The molecule has 0 aliphatic rings. The average molecular weight is 333 g/mol. The molecule has 2 aromatic rings. The molecule has 2 rings (SSSR count). The molecule has 0 aliphatic heterocycles. The minimum atomic E-state index is -0.665. The summed E-state index contributed by atoms with van der Waals surface area (Å²) in [6, 6.07) is 5.41. The van der Waals surface area contributed by atoms with E-state index in [1.807, 2.05) is 12.3 Å². The molecule has 0 aromatic carbocycles. The molecule has 2 aromatic heterocycles. The second-order valence-electron chi connectivity index (χ2n) is 2.95. The Balaban J connectivity index is 2.24. The van der Waals surface area contributed by atoms with Crippen LogP contribution in [0.1, 0.15) is 17.4 Å². The van der Waals surface area contributed by atoms with Crippen molar-refractivity contribution in [1.82, 2.24) is 14.5 Å². The first-order chi connectivity index (χ1) is 7.31. The quantitative estimate of drug-likeness (QED) is 0.692. The summed E-state index contributed by atoms with van der Waals surface area (Å²) in [5.74, 6) is 0. The Labute approximate surface area is 102 Å². The van der Waals surface area contributed by atoms with Crippen molar-refractivity contribution in [2.45, 2.75) is 6.10 Å². The van der Waals surface area contributed by atoms with E-state index in [9.17, 15) is 5.11 Å². The maximum Gasteiger partial charge on any atom is 0.123 e. The topological polar surface area (TPSA) is 50.9 Å². The average Bonchev–Trinajstić information content (AvgIpc) is 2.78. The molecule has 2 heterocycles. The molecule has 0 amide bonds. The first kappa shape index (κ1) is 11.0. The van der Waals surface area contributed by atoms with Crippen LogP contribution in [0.2, 0.25) is 0 Å². The molecule has 6 heteroatoms.